The highest BCUT2D eigenvalue weighted by Gasteiger charge is 2.36. The molecular formula is C15H27N3O3. The van der Waals surface area contributed by atoms with Gasteiger partial charge in [-0.15, -0.1) is 0 Å². The molecule has 6 nitrogen and oxygen atoms in total. The molecule has 2 aliphatic rings. The summed E-state index contributed by atoms with van der Waals surface area (Å²) < 4.78 is 5.40. The van der Waals surface area contributed by atoms with Crippen LogP contribution >= 0.6 is 0 Å². The SMILES string of the molecule is CC(C)(C)OC(=O)N1CCC(N2CCCC2C(N)=O)CC1. The van der Waals surface area contributed by atoms with Gasteiger partial charge in [-0.3, -0.25) is 9.69 Å². The van der Waals surface area contributed by atoms with Crippen molar-refractivity contribution in [2.45, 2.75) is 64.1 Å². The summed E-state index contributed by atoms with van der Waals surface area (Å²) >= 11 is 0. The highest BCUT2D eigenvalue weighted by Crippen LogP contribution is 2.26. The van der Waals surface area contributed by atoms with Crippen LogP contribution in [0.4, 0.5) is 4.79 Å². The lowest BCUT2D eigenvalue weighted by molar-refractivity contribution is -0.123. The average Bonchev–Trinajstić information content (AvgIpc) is 2.86. The molecule has 2 heterocycles. The number of likely N-dealkylation sites (tertiary alicyclic amines) is 2. The van der Waals surface area contributed by atoms with E-state index in [1.54, 1.807) is 4.90 Å². The Labute approximate surface area is 126 Å². The van der Waals surface area contributed by atoms with Crippen LogP contribution in [0.1, 0.15) is 46.5 Å². The Hall–Kier alpha value is -1.30. The standard InChI is InChI=1S/C15H27N3O3/c1-15(2,3)21-14(20)17-9-6-11(7-10-17)18-8-4-5-12(18)13(16)19/h11-12H,4-10H2,1-3H3,(H2,16,19). The molecule has 21 heavy (non-hydrogen) atoms. The first-order valence-corrected chi connectivity index (χ1v) is 7.81. The van der Waals surface area contributed by atoms with Crippen molar-refractivity contribution in [1.29, 1.82) is 0 Å². The van der Waals surface area contributed by atoms with Gasteiger partial charge in [-0.05, 0) is 53.0 Å². The lowest BCUT2D eigenvalue weighted by atomic mass is 10.0. The summed E-state index contributed by atoms with van der Waals surface area (Å²) in [4.78, 5) is 27.5. The van der Waals surface area contributed by atoms with Crippen LogP contribution in [-0.4, -0.2) is 59.1 Å². The molecule has 0 spiro atoms. The number of hydrogen-bond acceptors (Lipinski definition) is 4. The van der Waals surface area contributed by atoms with Crippen LogP contribution in [0.3, 0.4) is 0 Å². The Morgan fingerprint density at radius 1 is 1.10 bits per heavy atom. The highest BCUT2D eigenvalue weighted by atomic mass is 16.6. The fourth-order valence-electron chi connectivity index (χ4n) is 3.24. The summed E-state index contributed by atoms with van der Waals surface area (Å²) in [5.41, 5.74) is 5.02. The molecular weight excluding hydrogens is 270 g/mol. The van der Waals surface area contributed by atoms with E-state index in [1.807, 2.05) is 20.8 Å². The molecule has 120 valence electrons. The van der Waals surface area contributed by atoms with Crippen LogP contribution in [0.15, 0.2) is 0 Å². The third-order valence-electron chi connectivity index (χ3n) is 4.21. The van der Waals surface area contributed by atoms with Gasteiger partial charge >= 0.3 is 6.09 Å². The fourth-order valence-corrected chi connectivity index (χ4v) is 3.24. The molecule has 2 amide bonds. The predicted octanol–water partition coefficient (Wildman–Crippen LogP) is 1.34. The summed E-state index contributed by atoms with van der Waals surface area (Å²) in [6.07, 6.45) is 3.40. The lowest BCUT2D eigenvalue weighted by Crippen LogP contribution is -2.51. The van der Waals surface area contributed by atoms with Crippen LogP contribution in [0.5, 0.6) is 0 Å². The number of piperidine rings is 1. The van der Waals surface area contributed by atoms with E-state index in [2.05, 4.69) is 4.90 Å². The van der Waals surface area contributed by atoms with Gasteiger partial charge in [0, 0.05) is 19.1 Å². The van der Waals surface area contributed by atoms with E-state index in [0.717, 1.165) is 32.2 Å². The molecule has 0 radical (unpaired) electrons. The van der Waals surface area contributed by atoms with E-state index in [4.69, 9.17) is 10.5 Å². The third-order valence-corrected chi connectivity index (χ3v) is 4.21. The molecule has 1 unspecified atom stereocenters. The Balaban J connectivity index is 1.86. The number of ether oxygens (including phenoxy) is 1. The van der Waals surface area contributed by atoms with Crippen molar-refractivity contribution in [3.63, 3.8) is 0 Å². The zero-order chi connectivity index (χ0) is 15.6. The quantitative estimate of drug-likeness (QED) is 0.834. The number of nitrogens with zero attached hydrogens (tertiary/aromatic N) is 2. The number of carbonyl (C=O) groups excluding carboxylic acids is 2. The summed E-state index contributed by atoms with van der Waals surface area (Å²) in [7, 11) is 0. The van der Waals surface area contributed by atoms with Gasteiger partial charge in [0.1, 0.15) is 5.60 Å². The van der Waals surface area contributed by atoms with Crippen LogP contribution < -0.4 is 5.73 Å². The molecule has 6 heteroatoms. The average molecular weight is 297 g/mol. The summed E-state index contributed by atoms with van der Waals surface area (Å²) in [6.45, 7) is 7.92. The van der Waals surface area contributed by atoms with Gasteiger partial charge in [0.05, 0.1) is 6.04 Å². The molecule has 1 atom stereocenters. The molecule has 2 N–H and O–H groups in total. The maximum atomic E-state index is 12.0. The first-order chi connectivity index (χ1) is 9.78. The maximum absolute atomic E-state index is 12.0. The second kappa shape index (κ2) is 6.22. The molecule has 0 aromatic carbocycles. The molecule has 2 fully saturated rings. The van der Waals surface area contributed by atoms with Crippen LogP contribution in [0, 0.1) is 0 Å². The van der Waals surface area contributed by atoms with Gasteiger partial charge in [0.25, 0.3) is 0 Å². The van der Waals surface area contributed by atoms with Crippen molar-refractivity contribution >= 4 is 12.0 Å². The normalized spacial score (nSPS) is 25.1. The summed E-state index contributed by atoms with van der Waals surface area (Å²) in [6, 6.07) is 0.228. The van der Waals surface area contributed by atoms with Crippen molar-refractivity contribution in [3.05, 3.63) is 0 Å². The van der Waals surface area contributed by atoms with Crippen LogP contribution in [-0.2, 0) is 9.53 Å². The predicted molar refractivity (Wildman–Crippen MR) is 79.8 cm³/mol. The zero-order valence-corrected chi connectivity index (χ0v) is 13.3. The Morgan fingerprint density at radius 2 is 1.71 bits per heavy atom. The molecule has 2 rings (SSSR count). The zero-order valence-electron chi connectivity index (χ0n) is 13.3. The van der Waals surface area contributed by atoms with E-state index >= 15 is 0 Å². The Bertz CT molecular complexity index is 397. The number of hydrogen-bond donors (Lipinski definition) is 1. The van der Waals surface area contributed by atoms with Crippen molar-refractivity contribution in [2.75, 3.05) is 19.6 Å². The monoisotopic (exact) mass is 297 g/mol. The van der Waals surface area contributed by atoms with Crippen molar-refractivity contribution in [3.8, 4) is 0 Å². The lowest BCUT2D eigenvalue weighted by Gasteiger charge is -2.38. The number of amides is 2. The van der Waals surface area contributed by atoms with E-state index in [-0.39, 0.29) is 18.0 Å². The summed E-state index contributed by atoms with van der Waals surface area (Å²) in [5.74, 6) is -0.220. The topological polar surface area (TPSA) is 75.9 Å². The van der Waals surface area contributed by atoms with E-state index in [9.17, 15) is 9.59 Å². The van der Waals surface area contributed by atoms with E-state index < -0.39 is 5.60 Å². The highest BCUT2D eigenvalue weighted by molar-refractivity contribution is 5.80. The molecule has 0 saturated carbocycles. The van der Waals surface area contributed by atoms with E-state index in [1.165, 1.54) is 0 Å². The van der Waals surface area contributed by atoms with Gasteiger partial charge in [-0.2, -0.15) is 0 Å². The van der Waals surface area contributed by atoms with Crippen molar-refractivity contribution in [1.82, 2.24) is 9.80 Å². The Morgan fingerprint density at radius 3 is 2.24 bits per heavy atom. The number of carbonyl (C=O) groups is 2. The number of primary amides is 1. The van der Waals surface area contributed by atoms with Gasteiger partial charge < -0.3 is 15.4 Å². The second-order valence-corrected chi connectivity index (χ2v) is 7.00. The van der Waals surface area contributed by atoms with Gasteiger partial charge in [-0.1, -0.05) is 0 Å². The number of rotatable bonds is 2. The first kappa shape index (κ1) is 16.1. The Kier molecular flexibility index (Phi) is 4.76. The van der Waals surface area contributed by atoms with Gasteiger partial charge in [-0.25, -0.2) is 4.79 Å². The molecule has 0 bridgehead atoms. The smallest absolute Gasteiger partial charge is 0.410 e. The largest absolute Gasteiger partial charge is 0.444 e. The summed E-state index contributed by atoms with van der Waals surface area (Å²) in [5, 5.41) is 0. The maximum Gasteiger partial charge on any atom is 0.410 e. The van der Waals surface area contributed by atoms with Gasteiger partial charge in [0.2, 0.25) is 5.91 Å². The second-order valence-electron chi connectivity index (χ2n) is 7.00. The van der Waals surface area contributed by atoms with Crippen molar-refractivity contribution < 1.29 is 14.3 Å². The van der Waals surface area contributed by atoms with Crippen LogP contribution in [0.25, 0.3) is 0 Å². The minimum atomic E-state index is -0.458. The molecule has 0 aromatic heterocycles. The van der Waals surface area contributed by atoms with Crippen LogP contribution in [0.2, 0.25) is 0 Å². The molecule has 0 aliphatic carbocycles. The minimum absolute atomic E-state index is 0.122. The molecule has 2 aliphatic heterocycles. The van der Waals surface area contributed by atoms with Crippen molar-refractivity contribution in [2.24, 2.45) is 5.73 Å². The fraction of sp³-hybridized carbons (Fsp3) is 0.867. The molecule has 0 aromatic rings. The van der Waals surface area contributed by atoms with Gasteiger partial charge in [0.15, 0.2) is 0 Å². The minimum Gasteiger partial charge on any atom is -0.444 e. The van der Waals surface area contributed by atoms with E-state index in [0.29, 0.717) is 19.1 Å². The molecule has 2 saturated heterocycles. The third kappa shape index (κ3) is 4.09. The first-order valence-electron chi connectivity index (χ1n) is 7.81. The number of nitrogens with two attached hydrogens (primary N) is 1.